The second kappa shape index (κ2) is 8.80. The number of hydrogen-bond donors (Lipinski definition) is 2. The molecule has 0 radical (unpaired) electrons. The van der Waals surface area contributed by atoms with Crippen molar-refractivity contribution in [2.75, 3.05) is 25.2 Å². The van der Waals surface area contributed by atoms with Gasteiger partial charge in [0, 0.05) is 30.8 Å². The molecule has 1 atom stereocenters. The predicted molar refractivity (Wildman–Crippen MR) is 109 cm³/mol. The third-order valence-electron chi connectivity index (χ3n) is 4.50. The first-order valence-corrected chi connectivity index (χ1v) is 9.70. The van der Waals surface area contributed by atoms with Crippen molar-refractivity contribution in [2.45, 2.75) is 13.8 Å². The number of benzene rings is 1. The van der Waals surface area contributed by atoms with Gasteiger partial charge in [-0.2, -0.15) is 10.5 Å². The summed E-state index contributed by atoms with van der Waals surface area (Å²) < 4.78 is 0. The van der Waals surface area contributed by atoms with Crippen molar-refractivity contribution in [3.8, 4) is 12.1 Å². The number of rotatable bonds is 5. The van der Waals surface area contributed by atoms with E-state index in [1.54, 1.807) is 52.2 Å². The minimum atomic E-state index is -0.973. The second-order valence-corrected chi connectivity index (χ2v) is 8.19. The monoisotopic (exact) mass is 411 g/mol. The van der Waals surface area contributed by atoms with Crippen LogP contribution in [-0.4, -0.2) is 42.5 Å². The molecule has 1 aromatic rings. The zero-order chi connectivity index (χ0) is 21.8. The van der Waals surface area contributed by atoms with Gasteiger partial charge in [0.1, 0.15) is 5.92 Å². The van der Waals surface area contributed by atoms with Crippen LogP contribution >= 0.6 is 11.8 Å². The summed E-state index contributed by atoms with van der Waals surface area (Å²) in [7, 11) is 3.31. The number of nitrogens with zero attached hydrogens (tertiary/aromatic N) is 3. The van der Waals surface area contributed by atoms with Crippen LogP contribution in [0.15, 0.2) is 34.9 Å². The van der Waals surface area contributed by atoms with Gasteiger partial charge in [-0.3, -0.25) is 14.4 Å². The fraction of sp³-hybridized carbons (Fsp3) is 0.350. The summed E-state index contributed by atoms with van der Waals surface area (Å²) in [5, 5.41) is 24.3. The molecule has 0 saturated carbocycles. The van der Waals surface area contributed by atoms with Gasteiger partial charge in [-0.05, 0) is 24.3 Å². The summed E-state index contributed by atoms with van der Waals surface area (Å²) in [6.45, 7) is 3.32. The Morgan fingerprint density at radius 1 is 1.24 bits per heavy atom. The molecule has 1 aliphatic rings. The highest BCUT2D eigenvalue weighted by Crippen LogP contribution is 2.41. The fourth-order valence-electron chi connectivity index (χ4n) is 2.82. The number of thioether (sulfide) groups is 1. The summed E-state index contributed by atoms with van der Waals surface area (Å²) in [4.78, 5) is 37.8. The van der Waals surface area contributed by atoms with Crippen LogP contribution in [0, 0.1) is 34.0 Å². The van der Waals surface area contributed by atoms with E-state index in [0.29, 0.717) is 11.3 Å². The normalized spacial score (nSPS) is 17.6. The standard InChI is InChI=1S/C20H21N5O3S/c1-20(2)14(9-21)17(27)24-18(15(20)10-22)29-11-16(26)23-13-7-5-12(6-8-13)19(28)25(3)4/h5-8,14H,11H2,1-4H3,(H,23,26)(H,24,27)/t14-/m0/s1. The molecule has 0 spiro atoms. The van der Waals surface area contributed by atoms with Crippen LogP contribution in [-0.2, 0) is 9.59 Å². The SMILES string of the molecule is CN(C)C(=O)c1ccc(NC(=O)CSC2=C(C#N)C(C)(C)[C@@H](C#N)C(=O)N2)cc1. The Kier molecular flexibility index (Phi) is 6.68. The van der Waals surface area contributed by atoms with Crippen molar-refractivity contribution >= 4 is 35.2 Å². The largest absolute Gasteiger partial charge is 0.345 e. The Morgan fingerprint density at radius 3 is 2.38 bits per heavy atom. The molecule has 150 valence electrons. The quantitative estimate of drug-likeness (QED) is 0.764. The first kappa shape index (κ1) is 22.0. The van der Waals surface area contributed by atoms with E-state index in [2.05, 4.69) is 16.7 Å². The molecular formula is C20H21N5O3S. The zero-order valence-electron chi connectivity index (χ0n) is 16.6. The molecule has 0 bridgehead atoms. The van der Waals surface area contributed by atoms with Gasteiger partial charge in [0.2, 0.25) is 11.8 Å². The smallest absolute Gasteiger partial charge is 0.253 e. The maximum Gasteiger partial charge on any atom is 0.253 e. The van der Waals surface area contributed by atoms with Crippen LogP contribution in [0.2, 0.25) is 0 Å². The number of hydrogen-bond acceptors (Lipinski definition) is 6. The highest BCUT2D eigenvalue weighted by molar-refractivity contribution is 8.03. The Hall–Kier alpha value is -3.30. The molecule has 0 fully saturated rings. The molecule has 1 heterocycles. The molecule has 2 N–H and O–H groups in total. The molecule has 3 amide bonds. The van der Waals surface area contributed by atoms with Crippen LogP contribution in [0.25, 0.3) is 0 Å². The molecule has 8 nitrogen and oxygen atoms in total. The van der Waals surface area contributed by atoms with Gasteiger partial charge < -0.3 is 15.5 Å². The molecular weight excluding hydrogens is 390 g/mol. The summed E-state index contributed by atoms with van der Waals surface area (Å²) in [5.74, 6) is -1.96. The molecule has 1 aliphatic heterocycles. The van der Waals surface area contributed by atoms with Gasteiger partial charge in [0.15, 0.2) is 0 Å². The Bertz CT molecular complexity index is 952. The van der Waals surface area contributed by atoms with Gasteiger partial charge in [-0.1, -0.05) is 25.6 Å². The van der Waals surface area contributed by atoms with Crippen LogP contribution < -0.4 is 10.6 Å². The van der Waals surface area contributed by atoms with Crippen LogP contribution in [0.1, 0.15) is 24.2 Å². The highest BCUT2D eigenvalue weighted by atomic mass is 32.2. The highest BCUT2D eigenvalue weighted by Gasteiger charge is 2.44. The van der Waals surface area contributed by atoms with Crippen molar-refractivity contribution < 1.29 is 14.4 Å². The number of carbonyl (C=O) groups excluding carboxylic acids is 3. The number of amides is 3. The van der Waals surface area contributed by atoms with E-state index in [0.717, 1.165) is 11.8 Å². The topological polar surface area (TPSA) is 126 Å². The molecule has 9 heteroatoms. The molecule has 2 rings (SSSR count). The van der Waals surface area contributed by atoms with Gasteiger partial charge in [-0.25, -0.2) is 0 Å². The average Bonchev–Trinajstić information content (AvgIpc) is 2.65. The Balaban J connectivity index is 2.06. The summed E-state index contributed by atoms with van der Waals surface area (Å²) in [6, 6.07) is 10.5. The lowest BCUT2D eigenvalue weighted by Gasteiger charge is -2.34. The van der Waals surface area contributed by atoms with Crippen molar-refractivity contribution in [1.82, 2.24) is 10.2 Å². The lowest BCUT2D eigenvalue weighted by Crippen LogP contribution is -2.44. The lowest BCUT2D eigenvalue weighted by atomic mass is 9.72. The fourth-order valence-corrected chi connectivity index (χ4v) is 3.80. The minimum Gasteiger partial charge on any atom is -0.345 e. The number of anilines is 1. The van der Waals surface area contributed by atoms with Crippen molar-refractivity contribution in [1.29, 1.82) is 10.5 Å². The van der Waals surface area contributed by atoms with E-state index in [9.17, 15) is 24.9 Å². The summed E-state index contributed by atoms with van der Waals surface area (Å²) >= 11 is 1.03. The minimum absolute atomic E-state index is 0.0352. The lowest BCUT2D eigenvalue weighted by molar-refractivity contribution is -0.125. The average molecular weight is 411 g/mol. The third kappa shape index (κ3) is 4.76. The van der Waals surface area contributed by atoms with E-state index in [1.165, 1.54) is 4.90 Å². The van der Waals surface area contributed by atoms with E-state index < -0.39 is 17.2 Å². The first-order valence-electron chi connectivity index (χ1n) is 8.71. The van der Waals surface area contributed by atoms with Gasteiger partial charge >= 0.3 is 0 Å². The zero-order valence-corrected chi connectivity index (χ0v) is 17.4. The Labute approximate surface area is 173 Å². The first-order chi connectivity index (χ1) is 13.6. The van der Waals surface area contributed by atoms with E-state index in [1.807, 2.05) is 6.07 Å². The molecule has 0 aromatic heterocycles. The predicted octanol–water partition coefficient (Wildman–Crippen LogP) is 2.09. The van der Waals surface area contributed by atoms with Crippen LogP contribution in [0.5, 0.6) is 0 Å². The number of allylic oxidation sites excluding steroid dienone is 1. The van der Waals surface area contributed by atoms with Crippen molar-refractivity contribution in [3.05, 3.63) is 40.4 Å². The number of nitriles is 2. The van der Waals surface area contributed by atoms with E-state index in [-0.39, 0.29) is 28.2 Å². The van der Waals surface area contributed by atoms with Crippen LogP contribution in [0.3, 0.4) is 0 Å². The Morgan fingerprint density at radius 2 is 1.86 bits per heavy atom. The van der Waals surface area contributed by atoms with Gasteiger partial charge in [-0.15, -0.1) is 0 Å². The van der Waals surface area contributed by atoms with Gasteiger partial charge in [0.25, 0.3) is 5.91 Å². The van der Waals surface area contributed by atoms with E-state index >= 15 is 0 Å². The third-order valence-corrected chi connectivity index (χ3v) is 5.50. The van der Waals surface area contributed by atoms with Gasteiger partial charge in [0.05, 0.1) is 28.5 Å². The van der Waals surface area contributed by atoms with Crippen molar-refractivity contribution in [3.63, 3.8) is 0 Å². The molecule has 0 aliphatic carbocycles. The number of carbonyl (C=O) groups is 3. The summed E-state index contributed by atoms with van der Waals surface area (Å²) in [6.07, 6.45) is 0. The van der Waals surface area contributed by atoms with Crippen molar-refractivity contribution in [2.24, 2.45) is 11.3 Å². The molecule has 1 aromatic carbocycles. The molecule has 29 heavy (non-hydrogen) atoms. The molecule has 0 unspecified atom stereocenters. The molecule has 0 saturated heterocycles. The number of nitrogens with one attached hydrogen (secondary N) is 2. The maximum atomic E-state index is 12.3. The van der Waals surface area contributed by atoms with Crippen LogP contribution in [0.4, 0.5) is 5.69 Å². The summed E-state index contributed by atoms with van der Waals surface area (Å²) in [5.41, 5.74) is 0.357. The maximum absolute atomic E-state index is 12.3. The van der Waals surface area contributed by atoms with E-state index in [4.69, 9.17) is 0 Å². The second-order valence-electron chi connectivity index (χ2n) is 7.20.